The Hall–Kier alpha value is -0.680. The lowest BCUT2D eigenvalue weighted by Gasteiger charge is -2.25. The smallest absolute Gasteiger partial charge is 0.0526 e. The molecule has 1 rings (SSSR count). The molecule has 0 radical (unpaired) electrons. The van der Waals surface area contributed by atoms with Crippen LogP contribution < -0.4 is 0 Å². The van der Waals surface area contributed by atoms with Gasteiger partial charge in [-0.05, 0) is 19.4 Å². The van der Waals surface area contributed by atoms with Gasteiger partial charge in [0.2, 0.25) is 0 Å². The van der Waals surface area contributed by atoms with Gasteiger partial charge in [-0.25, -0.2) is 0 Å². The maximum atomic E-state index is 3.25. The van der Waals surface area contributed by atoms with Gasteiger partial charge in [0.25, 0.3) is 0 Å². The van der Waals surface area contributed by atoms with Crippen LogP contribution in [0.2, 0.25) is 0 Å². The van der Waals surface area contributed by atoms with Crippen LogP contribution in [0.1, 0.15) is 20.3 Å². The van der Waals surface area contributed by atoms with Crippen molar-refractivity contribution < 1.29 is 0 Å². The zero-order valence-corrected chi connectivity index (χ0v) is 7.02. The summed E-state index contributed by atoms with van der Waals surface area (Å²) < 4.78 is 0. The number of hydrogen-bond donors (Lipinski definition) is 0. The molecule has 0 saturated heterocycles. The van der Waals surface area contributed by atoms with Crippen molar-refractivity contribution in [1.29, 1.82) is 0 Å². The van der Waals surface area contributed by atoms with Crippen LogP contribution in [-0.2, 0) is 0 Å². The first-order chi connectivity index (χ1) is 4.74. The van der Waals surface area contributed by atoms with Crippen molar-refractivity contribution >= 4 is 0 Å². The standard InChI is InChI=1S/C9H15N/c1-4-9-6-5-8(2)10(3)7-9/h6,9H,4,7H2,1-3H3. The van der Waals surface area contributed by atoms with Crippen molar-refractivity contribution in [2.24, 2.45) is 5.92 Å². The van der Waals surface area contributed by atoms with E-state index in [0.29, 0.717) is 5.92 Å². The Bertz CT molecular complexity index is 175. The van der Waals surface area contributed by atoms with Crippen LogP contribution in [0.4, 0.5) is 0 Å². The summed E-state index contributed by atoms with van der Waals surface area (Å²) in [7, 11) is 2.12. The highest BCUT2D eigenvalue weighted by molar-refractivity contribution is 5.04. The van der Waals surface area contributed by atoms with E-state index in [1.165, 1.54) is 12.1 Å². The van der Waals surface area contributed by atoms with E-state index in [9.17, 15) is 0 Å². The molecule has 0 amide bonds. The minimum Gasteiger partial charge on any atom is -0.371 e. The first kappa shape index (κ1) is 7.43. The topological polar surface area (TPSA) is 3.24 Å². The Morgan fingerprint density at radius 2 is 2.50 bits per heavy atom. The molecule has 0 saturated carbocycles. The van der Waals surface area contributed by atoms with Gasteiger partial charge in [-0.1, -0.05) is 6.92 Å². The van der Waals surface area contributed by atoms with E-state index in [1.807, 2.05) is 0 Å². The Kier molecular flexibility index (Phi) is 2.18. The zero-order chi connectivity index (χ0) is 7.56. The van der Waals surface area contributed by atoms with Gasteiger partial charge >= 0.3 is 0 Å². The molecule has 1 heterocycles. The van der Waals surface area contributed by atoms with Crippen molar-refractivity contribution in [2.75, 3.05) is 13.6 Å². The molecular formula is C9H15N. The van der Waals surface area contributed by atoms with E-state index in [2.05, 4.69) is 37.6 Å². The maximum Gasteiger partial charge on any atom is 0.0526 e. The van der Waals surface area contributed by atoms with Crippen LogP contribution in [0.5, 0.6) is 0 Å². The monoisotopic (exact) mass is 137 g/mol. The van der Waals surface area contributed by atoms with E-state index >= 15 is 0 Å². The fourth-order valence-electron chi connectivity index (χ4n) is 1.14. The van der Waals surface area contributed by atoms with Gasteiger partial charge in [0.1, 0.15) is 0 Å². The third kappa shape index (κ3) is 1.43. The molecule has 0 aliphatic carbocycles. The minimum atomic E-state index is 0.716. The van der Waals surface area contributed by atoms with Crippen LogP contribution in [0.25, 0.3) is 0 Å². The summed E-state index contributed by atoms with van der Waals surface area (Å²) in [6.07, 6.45) is 3.42. The van der Waals surface area contributed by atoms with Crippen LogP contribution in [0.3, 0.4) is 0 Å². The summed E-state index contributed by atoms with van der Waals surface area (Å²) in [5.74, 6) is 0.716. The Morgan fingerprint density at radius 1 is 1.80 bits per heavy atom. The maximum absolute atomic E-state index is 3.25. The highest BCUT2D eigenvalue weighted by atomic mass is 15.1. The molecule has 0 N–H and O–H groups in total. The Labute approximate surface area is 63.0 Å². The second-order valence-electron chi connectivity index (χ2n) is 2.95. The molecule has 0 aromatic rings. The molecule has 1 atom stereocenters. The van der Waals surface area contributed by atoms with Crippen molar-refractivity contribution in [2.45, 2.75) is 20.3 Å². The number of nitrogens with zero attached hydrogens (tertiary/aromatic N) is 1. The summed E-state index contributed by atoms with van der Waals surface area (Å²) in [6, 6.07) is 0. The Morgan fingerprint density at radius 3 is 3.00 bits per heavy atom. The molecular weight excluding hydrogens is 122 g/mol. The van der Waals surface area contributed by atoms with Crippen LogP contribution in [0.15, 0.2) is 17.5 Å². The molecule has 0 aromatic carbocycles. The predicted molar refractivity (Wildman–Crippen MR) is 43.7 cm³/mol. The lowest BCUT2D eigenvalue weighted by Crippen LogP contribution is -2.24. The van der Waals surface area contributed by atoms with Gasteiger partial charge in [-0.2, -0.15) is 0 Å². The fraction of sp³-hybridized carbons (Fsp3) is 0.667. The predicted octanol–water partition coefficient (Wildman–Crippen LogP) is 2.02. The van der Waals surface area contributed by atoms with Crippen LogP contribution in [0, 0.1) is 5.92 Å². The Balaban J connectivity index is 2.70. The van der Waals surface area contributed by atoms with Gasteiger partial charge in [-0.15, -0.1) is 5.73 Å². The quantitative estimate of drug-likeness (QED) is 0.500. The first-order valence-corrected chi connectivity index (χ1v) is 3.88. The molecule has 0 spiro atoms. The highest BCUT2D eigenvalue weighted by Crippen LogP contribution is 2.13. The van der Waals surface area contributed by atoms with E-state index in [0.717, 1.165) is 6.54 Å². The van der Waals surface area contributed by atoms with Crippen molar-refractivity contribution in [3.63, 3.8) is 0 Å². The highest BCUT2D eigenvalue weighted by Gasteiger charge is 2.09. The zero-order valence-electron chi connectivity index (χ0n) is 7.02. The van der Waals surface area contributed by atoms with E-state index in [4.69, 9.17) is 0 Å². The normalized spacial score (nSPS) is 24.9. The van der Waals surface area contributed by atoms with E-state index in [-0.39, 0.29) is 0 Å². The molecule has 1 unspecified atom stereocenters. The molecule has 0 fully saturated rings. The van der Waals surface area contributed by atoms with Gasteiger partial charge in [0, 0.05) is 19.5 Å². The van der Waals surface area contributed by atoms with Crippen molar-refractivity contribution in [3.8, 4) is 0 Å². The molecule has 1 heteroatoms. The lowest BCUT2D eigenvalue weighted by atomic mass is 10.0. The molecule has 1 aliphatic heterocycles. The summed E-state index contributed by atoms with van der Waals surface area (Å²) in [5.41, 5.74) is 4.50. The molecule has 1 aliphatic rings. The number of rotatable bonds is 1. The summed E-state index contributed by atoms with van der Waals surface area (Å²) in [5, 5.41) is 0. The lowest BCUT2D eigenvalue weighted by molar-refractivity contribution is 0.353. The average molecular weight is 137 g/mol. The molecule has 1 nitrogen and oxygen atoms in total. The number of hydrogen-bond acceptors (Lipinski definition) is 1. The van der Waals surface area contributed by atoms with E-state index in [1.54, 1.807) is 0 Å². The first-order valence-electron chi connectivity index (χ1n) is 3.88. The van der Waals surface area contributed by atoms with Crippen molar-refractivity contribution in [3.05, 3.63) is 17.5 Å². The third-order valence-electron chi connectivity index (χ3n) is 2.13. The molecule has 0 aromatic heterocycles. The summed E-state index contributed by atoms with van der Waals surface area (Å²) >= 11 is 0. The van der Waals surface area contributed by atoms with Gasteiger partial charge < -0.3 is 4.90 Å². The molecule has 10 heavy (non-hydrogen) atoms. The molecule has 56 valence electrons. The average Bonchev–Trinajstić information content (AvgIpc) is 1.95. The second-order valence-corrected chi connectivity index (χ2v) is 2.95. The minimum absolute atomic E-state index is 0.716. The van der Waals surface area contributed by atoms with Gasteiger partial charge in [0.15, 0.2) is 0 Å². The largest absolute Gasteiger partial charge is 0.371 e. The van der Waals surface area contributed by atoms with Crippen LogP contribution in [-0.4, -0.2) is 18.5 Å². The van der Waals surface area contributed by atoms with Gasteiger partial charge in [-0.3, -0.25) is 0 Å². The van der Waals surface area contributed by atoms with E-state index < -0.39 is 0 Å². The third-order valence-corrected chi connectivity index (χ3v) is 2.13. The molecule has 0 bridgehead atoms. The summed E-state index contributed by atoms with van der Waals surface area (Å²) in [6.45, 7) is 5.48. The van der Waals surface area contributed by atoms with Crippen molar-refractivity contribution in [1.82, 2.24) is 4.90 Å². The van der Waals surface area contributed by atoms with Crippen LogP contribution >= 0.6 is 0 Å². The fourth-order valence-corrected chi connectivity index (χ4v) is 1.14. The SMILES string of the molecule is CCC1C=C=C(C)N(C)C1. The van der Waals surface area contributed by atoms with Gasteiger partial charge in [0.05, 0.1) is 5.70 Å². The second kappa shape index (κ2) is 2.94. The summed E-state index contributed by atoms with van der Waals surface area (Å²) in [4.78, 5) is 2.26.